The maximum atomic E-state index is 15.7. The smallest absolute Gasteiger partial charge is 0.415 e. The van der Waals surface area contributed by atoms with Crippen LogP contribution in [0.3, 0.4) is 0 Å². The van der Waals surface area contributed by atoms with Crippen molar-refractivity contribution >= 4 is 46.0 Å². The summed E-state index contributed by atoms with van der Waals surface area (Å²) in [7, 11) is 1.57. The fraction of sp³-hybridized carbons (Fsp3) is 0.407. The van der Waals surface area contributed by atoms with E-state index in [0.717, 1.165) is 12.8 Å². The molecule has 38 heavy (non-hydrogen) atoms. The lowest BCUT2D eigenvalue weighted by atomic mass is 9.97. The molecular formula is C27H29ClFN5O4. The summed E-state index contributed by atoms with van der Waals surface area (Å²) in [6.07, 6.45) is 4.23. The highest BCUT2D eigenvalue weighted by Gasteiger charge is 2.35. The minimum absolute atomic E-state index is 0.0706. The van der Waals surface area contributed by atoms with Crippen LogP contribution in [0, 0.1) is 12.7 Å². The standard InChI is InChI=1S/C27H29ClFN5O4/c1-14-18(12-32-24-23(14)33(8-9-37-24)26(36)38-27(2,3)4)17-10-15-11-20(31-13-19(15)21(28)22(17)29)34(16-6-7-16)25(35)30-5/h10-13,16H,6-9H2,1-5H3,(H,30,35). The second kappa shape index (κ2) is 9.58. The first-order valence-corrected chi connectivity index (χ1v) is 12.8. The van der Waals surface area contributed by atoms with Gasteiger partial charge in [-0.25, -0.2) is 23.9 Å². The zero-order valence-electron chi connectivity index (χ0n) is 21.9. The highest BCUT2D eigenvalue weighted by Crippen LogP contribution is 2.42. The number of hydrogen-bond donors (Lipinski definition) is 1. The number of carbonyl (C=O) groups excluding carboxylic acids is 2. The van der Waals surface area contributed by atoms with Gasteiger partial charge < -0.3 is 14.8 Å². The number of rotatable bonds is 3. The number of nitrogens with one attached hydrogen (secondary N) is 1. The number of anilines is 2. The van der Waals surface area contributed by atoms with E-state index < -0.39 is 17.5 Å². The van der Waals surface area contributed by atoms with Crippen LogP contribution in [0.1, 0.15) is 39.2 Å². The maximum absolute atomic E-state index is 15.7. The van der Waals surface area contributed by atoms with E-state index in [4.69, 9.17) is 21.1 Å². The van der Waals surface area contributed by atoms with Gasteiger partial charge in [-0.2, -0.15) is 0 Å². The molecule has 3 heterocycles. The molecule has 0 bridgehead atoms. The van der Waals surface area contributed by atoms with Gasteiger partial charge in [0.05, 0.1) is 11.6 Å². The Balaban J connectivity index is 1.62. The summed E-state index contributed by atoms with van der Waals surface area (Å²) in [5, 5.41) is 3.60. The molecule has 1 aliphatic carbocycles. The molecule has 0 saturated heterocycles. The van der Waals surface area contributed by atoms with Gasteiger partial charge in [-0.05, 0) is 63.6 Å². The van der Waals surface area contributed by atoms with Crippen molar-refractivity contribution in [1.82, 2.24) is 15.3 Å². The Morgan fingerprint density at radius 2 is 1.95 bits per heavy atom. The van der Waals surface area contributed by atoms with Crippen molar-refractivity contribution in [2.45, 2.75) is 52.2 Å². The normalized spacial score (nSPS) is 15.1. The van der Waals surface area contributed by atoms with Crippen molar-refractivity contribution in [3.63, 3.8) is 0 Å². The van der Waals surface area contributed by atoms with Gasteiger partial charge in [0.15, 0.2) is 0 Å². The summed E-state index contributed by atoms with van der Waals surface area (Å²) in [6, 6.07) is 3.20. The fourth-order valence-corrected chi connectivity index (χ4v) is 4.82. The molecule has 3 aromatic rings. The quantitative estimate of drug-likeness (QED) is 0.447. The third-order valence-electron chi connectivity index (χ3n) is 6.48. The predicted molar refractivity (Wildman–Crippen MR) is 144 cm³/mol. The first kappa shape index (κ1) is 26.0. The van der Waals surface area contributed by atoms with Gasteiger partial charge in [0.1, 0.15) is 29.5 Å². The highest BCUT2D eigenvalue weighted by molar-refractivity contribution is 6.36. The van der Waals surface area contributed by atoms with E-state index in [1.165, 1.54) is 17.3 Å². The Morgan fingerprint density at radius 1 is 1.21 bits per heavy atom. The number of urea groups is 1. The van der Waals surface area contributed by atoms with Crippen LogP contribution in [0.15, 0.2) is 24.5 Å². The second-order valence-corrected chi connectivity index (χ2v) is 10.8. The van der Waals surface area contributed by atoms with Gasteiger partial charge in [0.25, 0.3) is 0 Å². The molecular weight excluding hydrogens is 513 g/mol. The van der Waals surface area contributed by atoms with Gasteiger partial charge in [-0.15, -0.1) is 0 Å². The number of pyridine rings is 2. The van der Waals surface area contributed by atoms with E-state index in [9.17, 15) is 9.59 Å². The molecule has 0 spiro atoms. The molecule has 1 saturated carbocycles. The Kier molecular flexibility index (Phi) is 6.54. The summed E-state index contributed by atoms with van der Waals surface area (Å²) in [5.74, 6) is 0.0926. The predicted octanol–water partition coefficient (Wildman–Crippen LogP) is 5.84. The molecule has 1 aromatic carbocycles. The largest absolute Gasteiger partial charge is 0.474 e. The lowest BCUT2D eigenvalue weighted by molar-refractivity contribution is 0.0566. The van der Waals surface area contributed by atoms with Crippen LogP contribution in [-0.2, 0) is 4.74 Å². The molecule has 0 radical (unpaired) electrons. The van der Waals surface area contributed by atoms with E-state index in [0.29, 0.717) is 33.4 Å². The van der Waals surface area contributed by atoms with Gasteiger partial charge in [0, 0.05) is 42.0 Å². The summed E-state index contributed by atoms with van der Waals surface area (Å²) >= 11 is 6.49. The molecule has 11 heteroatoms. The van der Waals surface area contributed by atoms with Crippen LogP contribution in [0.5, 0.6) is 5.88 Å². The average molecular weight is 542 g/mol. The minimum atomic E-state index is -0.693. The summed E-state index contributed by atoms with van der Waals surface area (Å²) < 4.78 is 27.0. The Bertz CT molecular complexity index is 1450. The molecule has 9 nitrogen and oxygen atoms in total. The number of nitrogens with zero attached hydrogens (tertiary/aromatic N) is 4. The van der Waals surface area contributed by atoms with E-state index in [1.807, 2.05) is 0 Å². The monoisotopic (exact) mass is 541 g/mol. The molecule has 200 valence electrons. The summed E-state index contributed by atoms with van der Waals surface area (Å²) in [6.45, 7) is 7.67. The van der Waals surface area contributed by atoms with Gasteiger partial charge in [0.2, 0.25) is 5.88 Å². The molecule has 1 N–H and O–H groups in total. The maximum Gasteiger partial charge on any atom is 0.415 e. The minimum Gasteiger partial charge on any atom is -0.474 e. The first-order chi connectivity index (χ1) is 18.0. The molecule has 5 rings (SSSR count). The van der Waals surface area contributed by atoms with Crippen LogP contribution in [0.25, 0.3) is 21.9 Å². The number of aromatic nitrogens is 2. The van der Waals surface area contributed by atoms with E-state index >= 15 is 4.39 Å². The highest BCUT2D eigenvalue weighted by atomic mass is 35.5. The molecule has 0 atom stereocenters. The number of ether oxygens (including phenoxy) is 2. The van der Waals surface area contributed by atoms with Crippen molar-refractivity contribution < 1.29 is 23.5 Å². The second-order valence-electron chi connectivity index (χ2n) is 10.4. The Hall–Kier alpha value is -3.66. The molecule has 3 amide bonds. The van der Waals surface area contributed by atoms with Crippen LogP contribution in [0.4, 0.5) is 25.5 Å². The number of halogens is 2. The van der Waals surface area contributed by atoms with Crippen molar-refractivity contribution in [1.29, 1.82) is 0 Å². The summed E-state index contributed by atoms with van der Waals surface area (Å²) in [5.41, 5.74) is 0.983. The van der Waals surface area contributed by atoms with Crippen LogP contribution >= 0.6 is 11.6 Å². The van der Waals surface area contributed by atoms with Crippen LogP contribution < -0.4 is 19.9 Å². The third-order valence-corrected chi connectivity index (χ3v) is 6.85. The molecule has 1 fully saturated rings. The van der Waals surface area contributed by atoms with Crippen molar-refractivity contribution in [3.8, 4) is 17.0 Å². The third kappa shape index (κ3) is 4.69. The van der Waals surface area contributed by atoms with Gasteiger partial charge in [-0.3, -0.25) is 9.80 Å². The molecule has 1 aliphatic heterocycles. The van der Waals surface area contributed by atoms with Gasteiger partial charge >= 0.3 is 12.1 Å². The molecule has 2 aromatic heterocycles. The van der Waals surface area contributed by atoms with Crippen molar-refractivity contribution in [2.24, 2.45) is 0 Å². The average Bonchev–Trinajstić information content (AvgIpc) is 3.70. The number of fused-ring (bicyclic) bond motifs is 2. The zero-order chi connectivity index (χ0) is 27.4. The summed E-state index contributed by atoms with van der Waals surface area (Å²) in [4.78, 5) is 37.4. The molecule has 2 aliphatic rings. The van der Waals surface area contributed by atoms with Crippen LogP contribution in [0.2, 0.25) is 5.02 Å². The van der Waals surface area contributed by atoms with Crippen molar-refractivity contribution in [3.05, 3.63) is 40.9 Å². The fourth-order valence-electron chi connectivity index (χ4n) is 4.56. The zero-order valence-corrected chi connectivity index (χ0v) is 22.6. The Labute approximate surface area is 224 Å². The van der Waals surface area contributed by atoms with Gasteiger partial charge in [-0.1, -0.05) is 11.6 Å². The lowest BCUT2D eigenvalue weighted by Crippen LogP contribution is -2.42. The lowest BCUT2D eigenvalue weighted by Gasteiger charge is -2.32. The topological polar surface area (TPSA) is 96.9 Å². The van der Waals surface area contributed by atoms with Crippen molar-refractivity contribution in [2.75, 3.05) is 30.0 Å². The van der Waals surface area contributed by atoms with Crippen LogP contribution in [-0.4, -0.2) is 53.9 Å². The van der Waals surface area contributed by atoms with E-state index in [-0.39, 0.29) is 41.7 Å². The number of carbonyl (C=O) groups is 2. The molecule has 0 unspecified atom stereocenters. The first-order valence-electron chi connectivity index (χ1n) is 12.4. The van der Waals surface area contributed by atoms with E-state index in [1.54, 1.807) is 51.8 Å². The SMILES string of the molecule is CNC(=O)N(c1cc2cc(-c3cnc4c(c3C)N(C(=O)OC(C)(C)C)CCO4)c(F)c(Cl)c2cn1)C1CC1. The van der Waals surface area contributed by atoms with E-state index in [2.05, 4.69) is 15.3 Å². The number of hydrogen-bond acceptors (Lipinski definition) is 6. The number of benzene rings is 1. The number of amides is 3. The Morgan fingerprint density at radius 3 is 2.61 bits per heavy atom.